The number of para-hydroxylation sites is 2. The maximum absolute atomic E-state index is 3.98. The minimum Gasteiger partial charge on any atom is -0.310 e. The molecule has 15 aromatic carbocycles. The van der Waals surface area contributed by atoms with Gasteiger partial charge < -0.3 is 9.80 Å². The van der Waals surface area contributed by atoms with Crippen molar-refractivity contribution in [2.24, 2.45) is 0 Å². The Labute approximate surface area is 643 Å². The van der Waals surface area contributed by atoms with Crippen molar-refractivity contribution in [3.8, 4) is 55.6 Å². The molecule has 3 atom stereocenters. The third-order valence-corrected chi connectivity index (χ3v) is 24.4. The number of thioether (sulfide) groups is 2. The molecule has 3 unspecified atom stereocenters. The molecule has 0 radical (unpaired) electrons. The Kier molecular flexibility index (Phi) is 18.4. The minimum absolute atomic E-state index is 0.340. The summed E-state index contributed by atoms with van der Waals surface area (Å²) >= 11 is 3.88. The summed E-state index contributed by atoms with van der Waals surface area (Å²) in [4.78, 5) is 6.09. The first-order chi connectivity index (χ1) is 53.4. The molecular weight excluding hydrogens is 1340 g/mol. The highest BCUT2D eigenvalue weighted by molar-refractivity contribution is 7.99. The number of hydrogen-bond acceptors (Lipinski definition) is 4. The average molecular weight is 1420 g/mol. The molecule has 2 nitrogen and oxygen atoms in total. The van der Waals surface area contributed by atoms with Gasteiger partial charge in [0.2, 0.25) is 0 Å². The van der Waals surface area contributed by atoms with Crippen LogP contribution in [0.4, 0.5) is 34.1 Å². The summed E-state index contributed by atoms with van der Waals surface area (Å²) in [5, 5.41) is 0.340. The highest BCUT2D eigenvalue weighted by atomic mass is 32.2. The molecule has 0 amide bonds. The molecule has 0 fully saturated rings. The van der Waals surface area contributed by atoms with Crippen molar-refractivity contribution >= 4 is 69.8 Å². The number of benzene rings is 15. The zero-order valence-corrected chi connectivity index (χ0v) is 61.6. The van der Waals surface area contributed by atoms with Crippen molar-refractivity contribution in [3.05, 3.63) is 474 Å². The molecule has 4 heteroatoms. The van der Waals surface area contributed by atoms with Crippen LogP contribution in [-0.4, -0.2) is 5.25 Å². The number of rotatable bonds is 21. The van der Waals surface area contributed by atoms with Crippen LogP contribution < -0.4 is 9.80 Å². The van der Waals surface area contributed by atoms with E-state index in [1.165, 1.54) is 105 Å². The predicted octanol–water partition coefficient (Wildman–Crippen LogP) is 28.1. The van der Waals surface area contributed by atoms with E-state index in [2.05, 4.69) is 417 Å². The Morgan fingerprint density at radius 2 is 0.667 bits per heavy atom. The molecule has 0 spiro atoms. The number of allylic oxidation sites excluding steroid dienone is 3. The van der Waals surface area contributed by atoms with Gasteiger partial charge in [0.1, 0.15) is 0 Å². The van der Waals surface area contributed by atoms with Gasteiger partial charge in [-0.25, -0.2) is 0 Å². The van der Waals surface area contributed by atoms with E-state index in [0.717, 1.165) is 74.3 Å². The summed E-state index contributed by atoms with van der Waals surface area (Å²) in [6, 6.07) is 140. The van der Waals surface area contributed by atoms with Crippen molar-refractivity contribution in [3.63, 3.8) is 0 Å². The van der Waals surface area contributed by atoms with Crippen molar-refractivity contribution < 1.29 is 0 Å². The first kappa shape index (κ1) is 67.4. The van der Waals surface area contributed by atoms with Crippen molar-refractivity contribution in [1.82, 2.24) is 0 Å². The third-order valence-electron chi connectivity index (χ3n) is 22.1. The second-order valence-electron chi connectivity index (χ2n) is 28.2. The summed E-state index contributed by atoms with van der Waals surface area (Å²) < 4.78 is 0. The van der Waals surface area contributed by atoms with Crippen molar-refractivity contribution in [2.75, 3.05) is 9.80 Å². The smallest absolute Gasteiger partial charge is 0.0714 e. The molecule has 15 aromatic rings. The number of nitrogens with zero attached hydrogens (tertiary/aromatic N) is 2. The zero-order chi connectivity index (χ0) is 72.4. The van der Waals surface area contributed by atoms with Gasteiger partial charge in [-0.1, -0.05) is 323 Å². The molecule has 3 aliphatic carbocycles. The van der Waals surface area contributed by atoms with Crippen LogP contribution in [0.1, 0.15) is 67.6 Å². The summed E-state index contributed by atoms with van der Waals surface area (Å²) in [5.41, 5.74) is 32.2. The highest BCUT2D eigenvalue weighted by Gasteiger charge is 2.49. The van der Waals surface area contributed by atoms with Gasteiger partial charge >= 0.3 is 0 Å². The monoisotopic (exact) mass is 1420 g/mol. The standard InChI is InChI=1S/C104H78N2S2/c1-3-73-35-39-75(40-36-73)71-107-93-59-49-85(50-60-93)103(83-27-15-7-16-28-83)99-67-81(77-23-11-5-12-24-77)47-63-95(99)97-65-57-91(69-101(97)103)105(87-31-19-9-20-32-87)89-53-43-79(44-54-89)80-45-55-90(56-46-80)106(88-33-21-10-22-34-88)92-58-66-98-96-64-48-82(78-25-13-6-14-26-78)68-100(96)104(102(98)70-92,84-29-17-8-18-30-84)86-51-61-94(62-52-86)108-72-76-41-37-74(4-2)38-42-76/h3-61,63-70,94H,1-2,62,71-72H2. The molecule has 0 aliphatic heterocycles. The van der Waals surface area contributed by atoms with E-state index in [9.17, 15) is 0 Å². The molecule has 516 valence electrons. The van der Waals surface area contributed by atoms with Crippen LogP contribution in [0.3, 0.4) is 0 Å². The molecular formula is C104H78N2S2. The lowest BCUT2D eigenvalue weighted by atomic mass is 9.66. The average Bonchev–Trinajstić information content (AvgIpc) is 1.54. The Hall–Kier alpha value is -12.4. The van der Waals surface area contributed by atoms with Crippen LogP contribution in [0, 0.1) is 0 Å². The largest absolute Gasteiger partial charge is 0.310 e. The van der Waals surface area contributed by atoms with E-state index >= 15 is 0 Å². The second kappa shape index (κ2) is 29.5. The quantitative estimate of drug-likeness (QED) is 0.0661. The van der Waals surface area contributed by atoms with Gasteiger partial charge in [0.15, 0.2) is 0 Å². The molecule has 108 heavy (non-hydrogen) atoms. The Morgan fingerprint density at radius 3 is 1.11 bits per heavy atom. The molecule has 0 heterocycles. The number of fused-ring (bicyclic) bond motifs is 6. The lowest BCUT2D eigenvalue weighted by molar-refractivity contribution is 0.753. The fraction of sp³-hybridized carbons (Fsp3) is 0.0577. The van der Waals surface area contributed by atoms with Crippen LogP contribution in [0.15, 0.2) is 418 Å². The summed E-state index contributed by atoms with van der Waals surface area (Å²) in [5.74, 6) is 1.82. The van der Waals surface area contributed by atoms with Crippen molar-refractivity contribution in [1.29, 1.82) is 0 Å². The maximum atomic E-state index is 3.98. The summed E-state index contributed by atoms with van der Waals surface area (Å²) in [6.45, 7) is 7.95. The molecule has 3 aliphatic rings. The Bertz CT molecular complexity index is 5820. The first-order valence-electron chi connectivity index (χ1n) is 37.3. The summed E-state index contributed by atoms with van der Waals surface area (Å²) in [7, 11) is 0. The molecule has 0 saturated heterocycles. The van der Waals surface area contributed by atoms with E-state index < -0.39 is 10.8 Å². The highest BCUT2D eigenvalue weighted by Crippen LogP contribution is 2.61. The lowest BCUT2D eigenvalue weighted by Crippen LogP contribution is -2.30. The molecule has 0 bridgehead atoms. The van der Waals surface area contributed by atoms with Gasteiger partial charge in [0.05, 0.1) is 10.8 Å². The fourth-order valence-corrected chi connectivity index (χ4v) is 18.7. The van der Waals surface area contributed by atoms with E-state index in [1.54, 1.807) is 0 Å². The Balaban J connectivity index is 0.702. The van der Waals surface area contributed by atoms with Gasteiger partial charge in [-0.05, 0) is 226 Å². The molecule has 18 rings (SSSR count). The van der Waals surface area contributed by atoms with Gasteiger partial charge in [-0.15, -0.1) is 23.5 Å². The fourth-order valence-electron chi connectivity index (χ4n) is 16.8. The van der Waals surface area contributed by atoms with Crippen LogP contribution in [0.2, 0.25) is 0 Å². The number of hydrogen-bond donors (Lipinski definition) is 0. The second-order valence-corrected chi connectivity index (χ2v) is 30.5. The minimum atomic E-state index is -0.661. The van der Waals surface area contributed by atoms with Crippen molar-refractivity contribution in [2.45, 2.75) is 38.9 Å². The van der Waals surface area contributed by atoms with Crippen LogP contribution >= 0.6 is 23.5 Å². The van der Waals surface area contributed by atoms with Crippen LogP contribution in [0.25, 0.3) is 67.8 Å². The predicted molar refractivity (Wildman–Crippen MR) is 461 cm³/mol. The van der Waals surface area contributed by atoms with Gasteiger partial charge in [0.25, 0.3) is 0 Å². The third kappa shape index (κ3) is 12.5. The van der Waals surface area contributed by atoms with Crippen LogP contribution in [0.5, 0.6) is 0 Å². The van der Waals surface area contributed by atoms with E-state index in [-0.39, 0.29) is 0 Å². The Morgan fingerprint density at radius 1 is 0.315 bits per heavy atom. The molecule has 0 saturated carbocycles. The first-order valence-corrected chi connectivity index (χ1v) is 39.3. The van der Waals surface area contributed by atoms with Gasteiger partial charge in [-0.2, -0.15) is 0 Å². The zero-order valence-electron chi connectivity index (χ0n) is 60.0. The topological polar surface area (TPSA) is 6.48 Å². The van der Waals surface area contributed by atoms with Crippen LogP contribution in [-0.2, 0) is 22.3 Å². The van der Waals surface area contributed by atoms with E-state index in [1.807, 2.05) is 35.7 Å². The molecule has 0 N–H and O–H groups in total. The lowest BCUT2D eigenvalue weighted by Gasteiger charge is -2.37. The van der Waals surface area contributed by atoms with E-state index in [0.29, 0.717) is 5.25 Å². The normalized spacial score (nSPS) is 15.8. The van der Waals surface area contributed by atoms with E-state index in [4.69, 9.17) is 0 Å². The number of anilines is 6. The SMILES string of the molecule is C=Cc1ccc(CSc2ccc(C3(c4ccccc4)c4cc(-c5ccccc5)ccc4-c4ccc(N(c5ccccc5)c5ccc(-c6ccc(N(c7ccccc7)c7ccc8c(c7)C(C7=CCC(SCc9ccc(C=C)cc9)C=C7)(c7ccccc7)c7cc(-c9ccccc9)ccc7-8)cc6)cc5)cc43)cc2)cc1. The summed E-state index contributed by atoms with van der Waals surface area (Å²) in [6.07, 6.45) is 12.2. The van der Waals surface area contributed by atoms with Gasteiger partial charge in [0, 0.05) is 55.8 Å². The molecule has 0 aromatic heterocycles. The van der Waals surface area contributed by atoms with Gasteiger partial charge in [-0.3, -0.25) is 0 Å². The maximum Gasteiger partial charge on any atom is 0.0714 e.